The molecule has 5 heteroatoms. The maximum Gasteiger partial charge on any atom is 0.209 e. The topological polar surface area (TPSA) is 38.7 Å². The quantitative estimate of drug-likeness (QED) is 0.689. The minimum Gasteiger partial charge on any atom is -0.264 e. The summed E-state index contributed by atoms with van der Waals surface area (Å²) in [5, 5.41) is 3.22. The molecule has 0 bridgehead atoms. The molecule has 16 heavy (non-hydrogen) atoms. The summed E-state index contributed by atoms with van der Waals surface area (Å²) in [5.41, 5.74) is 1.09. The van der Waals surface area contributed by atoms with Gasteiger partial charge in [0, 0.05) is 23.3 Å². The Morgan fingerprint density at radius 3 is 2.88 bits per heavy atom. The molecular weight excluding hydrogens is 286 g/mol. The van der Waals surface area contributed by atoms with Crippen molar-refractivity contribution >= 4 is 38.2 Å². The molecular formula is C11H6BrN3S. The van der Waals surface area contributed by atoms with Crippen molar-refractivity contribution in [1.82, 2.24) is 14.3 Å². The number of fused-ring (bicyclic) bond motifs is 1. The van der Waals surface area contributed by atoms with Crippen LogP contribution in [0.3, 0.4) is 0 Å². The van der Waals surface area contributed by atoms with E-state index < -0.39 is 0 Å². The van der Waals surface area contributed by atoms with Crippen LogP contribution in [0.4, 0.5) is 0 Å². The van der Waals surface area contributed by atoms with Crippen LogP contribution < -0.4 is 0 Å². The number of hydrogen-bond acceptors (Lipinski definition) is 4. The molecule has 0 spiro atoms. The summed E-state index contributed by atoms with van der Waals surface area (Å²) < 4.78 is 4.75. The fraction of sp³-hybridized carbons (Fsp3) is 0. The van der Waals surface area contributed by atoms with Crippen molar-refractivity contribution in [2.75, 3.05) is 0 Å². The number of hydrogen-bond donors (Lipinski definition) is 0. The van der Waals surface area contributed by atoms with Crippen molar-refractivity contribution < 1.29 is 0 Å². The van der Waals surface area contributed by atoms with E-state index >= 15 is 0 Å². The van der Waals surface area contributed by atoms with Crippen LogP contribution in [0.25, 0.3) is 21.3 Å². The molecule has 0 N–H and O–H groups in total. The van der Waals surface area contributed by atoms with Gasteiger partial charge in [-0.05, 0) is 45.0 Å². The molecule has 3 nitrogen and oxygen atoms in total. The lowest BCUT2D eigenvalue weighted by Crippen LogP contribution is -1.79. The first kappa shape index (κ1) is 9.86. The summed E-state index contributed by atoms with van der Waals surface area (Å²) in [5.74, 6) is 0. The highest BCUT2D eigenvalue weighted by atomic mass is 79.9. The maximum absolute atomic E-state index is 4.30. The molecule has 3 aromatic rings. The van der Waals surface area contributed by atoms with Gasteiger partial charge in [0.1, 0.15) is 5.01 Å². The van der Waals surface area contributed by atoms with E-state index in [1.807, 2.05) is 24.4 Å². The highest BCUT2D eigenvalue weighted by Crippen LogP contribution is 2.26. The minimum atomic E-state index is 0.641. The zero-order chi connectivity index (χ0) is 11.0. The van der Waals surface area contributed by atoms with E-state index in [1.54, 1.807) is 6.20 Å². The monoisotopic (exact) mass is 291 g/mol. The standard InChI is InChI=1S/C11H6BrN3S/c12-11-14-10(16-15-11)8-1-2-9-6-13-4-3-7(9)5-8/h1-6H. The van der Waals surface area contributed by atoms with Gasteiger partial charge in [0.25, 0.3) is 0 Å². The Morgan fingerprint density at radius 2 is 2.06 bits per heavy atom. The van der Waals surface area contributed by atoms with Crippen LogP contribution in [0.2, 0.25) is 0 Å². The second kappa shape index (κ2) is 3.92. The molecule has 0 aliphatic carbocycles. The largest absolute Gasteiger partial charge is 0.264 e. The Kier molecular flexibility index (Phi) is 2.41. The van der Waals surface area contributed by atoms with Crippen molar-refractivity contribution in [2.24, 2.45) is 0 Å². The minimum absolute atomic E-state index is 0.641. The van der Waals surface area contributed by atoms with Crippen LogP contribution in [0, 0.1) is 0 Å². The fourth-order valence-corrected chi connectivity index (χ4v) is 2.61. The predicted molar refractivity (Wildman–Crippen MR) is 68.3 cm³/mol. The van der Waals surface area contributed by atoms with E-state index in [4.69, 9.17) is 0 Å². The Labute approximate surface area is 104 Å². The summed E-state index contributed by atoms with van der Waals surface area (Å²) >= 11 is 4.64. The van der Waals surface area contributed by atoms with Crippen LogP contribution in [0.15, 0.2) is 41.4 Å². The van der Waals surface area contributed by atoms with E-state index in [2.05, 4.69) is 36.3 Å². The van der Waals surface area contributed by atoms with Crippen molar-refractivity contribution in [1.29, 1.82) is 0 Å². The molecule has 78 valence electrons. The molecule has 3 rings (SSSR count). The Hall–Kier alpha value is -1.33. The van der Waals surface area contributed by atoms with Crippen LogP contribution in [0.1, 0.15) is 0 Å². The second-order valence-electron chi connectivity index (χ2n) is 3.31. The lowest BCUT2D eigenvalue weighted by atomic mass is 10.1. The Bertz CT molecular complexity index is 650. The summed E-state index contributed by atoms with van der Waals surface area (Å²) in [4.78, 5) is 8.38. The zero-order valence-electron chi connectivity index (χ0n) is 8.09. The van der Waals surface area contributed by atoms with Gasteiger partial charge in [0.05, 0.1) is 0 Å². The number of aromatic nitrogens is 3. The van der Waals surface area contributed by atoms with Gasteiger partial charge in [0.2, 0.25) is 4.73 Å². The van der Waals surface area contributed by atoms with Crippen molar-refractivity contribution in [2.45, 2.75) is 0 Å². The van der Waals surface area contributed by atoms with Crippen LogP contribution in [-0.4, -0.2) is 14.3 Å². The molecule has 0 unspecified atom stereocenters. The van der Waals surface area contributed by atoms with Crippen molar-refractivity contribution in [3.63, 3.8) is 0 Å². The third-order valence-corrected chi connectivity index (χ3v) is 3.64. The molecule has 0 saturated carbocycles. The van der Waals surface area contributed by atoms with Gasteiger partial charge in [-0.1, -0.05) is 12.1 Å². The third-order valence-electron chi connectivity index (χ3n) is 2.29. The number of pyridine rings is 1. The van der Waals surface area contributed by atoms with Gasteiger partial charge in [-0.25, -0.2) is 4.98 Å². The van der Waals surface area contributed by atoms with E-state index in [9.17, 15) is 0 Å². The average Bonchev–Trinajstić information content (AvgIpc) is 2.75. The maximum atomic E-state index is 4.30. The van der Waals surface area contributed by atoms with Gasteiger partial charge < -0.3 is 0 Å². The second-order valence-corrected chi connectivity index (χ2v) is 4.77. The van der Waals surface area contributed by atoms with Crippen molar-refractivity contribution in [3.05, 3.63) is 41.4 Å². The smallest absolute Gasteiger partial charge is 0.209 e. The lowest BCUT2D eigenvalue weighted by molar-refractivity contribution is 1.26. The lowest BCUT2D eigenvalue weighted by Gasteiger charge is -1.99. The molecule has 2 heterocycles. The molecule has 2 aromatic heterocycles. The average molecular weight is 292 g/mol. The van der Waals surface area contributed by atoms with Crippen molar-refractivity contribution in [3.8, 4) is 10.6 Å². The first-order valence-electron chi connectivity index (χ1n) is 4.66. The Morgan fingerprint density at radius 1 is 1.12 bits per heavy atom. The van der Waals surface area contributed by atoms with Crippen LogP contribution >= 0.6 is 27.5 Å². The summed E-state index contributed by atoms with van der Waals surface area (Å²) in [6.07, 6.45) is 3.65. The highest BCUT2D eigenvalue weighted by molar-refractivity contribution is 9.10. The highest BCUT2D eigenvalue weighted by Gasteiger charge is 2.05. The van der Waals surface area contributed by atoms with E-state index in [1.165, 1.54) is 16.9 Å². The van der Waals surface area contributed by atoms with Gasteiger partial charge in [0.15, 0.2) is 0 Å². The first-order valence-corrected chi connectivity index (χ1v) is 6.23. The number of rotatable bonds is 1. The first-order chi connectivity index (χ1) is 7.83. The number of halogens is 1. The summed E-state index contributed by atoms with van der Waals surface area (Å²) in [6, 6.07) is 8.18. The SMILES string of the molecule is Brc1nsc(-c2ccc3cnccc3c2)n1. The molecule has 1 aromatic carbocycles. The molecule has 0 radical (unpaired) electrons. The number of nitrogens with zero attached hydrogens (tertiary/aromatic N) is 3. The summed E-state index contributed by atoms with van der Waals surface area (Å²) in [6.45, 7) is 0. The molecule has 0 amide bonds. The predicted octanol–water partition coefficient (Wildman–Crippen LogP) is 3.52. The zero-order valence-corrected chi connectivity index (χ0v) is 10.5. The molecule has 0 atom stereocenters. The van der Waals surface area contributed by atoms with E-state index in [0.29, 0.717) is 4.73 Å². The van der Waals surface area contributed by atoms with Gasteiger partial charge in [-0.3, -0.25) is 4.98 Å². The van der Waals surface area contributed by atoms with E-state index in [0.717, 1.165) is 16.0 Å². The molecule has 0 fully saturated rings. The van der Waals surface area contributed by atoms with Gasteiger partial charge >= 0.3 is 0 Å². The molecule has 0 saturated heterocycles. The molecule has 0 aliphatic rings. The van der Waals surface area contributed by atoms with E-state index in [-0.39, 0.29) is 0 Å². The normalized spacial score (nSPS) is 10.8. The Balaban J connectivity index is 2.18. The van der Waals surface area contributed by atoms with Gasteiger partial charge in [-0.2, -0.15) is 4.37 Å². The summed E-state index contributed by atoms with van der Waals surface area (Å²) in [7, 11) is 0. The van der Waals surface area contributed by atoms with Crippen LogP contribution in [-0.2, 0) is 0 Å². The molecule has 0 aliphatic heterocycles. The fourth-order valence-electron chi connectivity index (χ4n) is 1.54. The van der Waals surface area contributed by atoms with Gasteiger partial charge in [-0.15, -0.1) is 0 Å². The third kappa shape index (κ3) is 1.72. The van der Waals surface area contributed by atoms with Crippen LogP contribution in [0.5, 0.6) is 0 Å². The number of benzene rings is 1.